The lowest BCUT2D eigenvalue weighted by Crippen LogP contribution is -2.45. The number of carbonyl (C=O) groups excluding carboxylic acids is 1. The molecule has 0 unspecified atom stereocenters. The van der Waals surface area contributed by atoms with Crippen molar-refractivity contribution in [2.45, 2.75) is 58.5 Å². The number of carbonyl (C=O) groups is 1. The smallest absolute Gasteiger partial charge is 0.236 e. The maximum absolute atomic E-state index is 12.0. The van der Waals surface area contributed by atoms with Crippen molar-refractivity contribution in [2.24, 2.45) is 5.92 Å². The molecule has 3 N–H and O–H groups in total. The third kappa shape index (κ3) is 7.78. The molecule has 1 rings (SSSR count). The standard InChI is InChI=1S/C14H29N3O3S/c1-4-15-12(3)9-16-14(18)10-21(19,20)17-13-7-5-11(2)6-8-13/h11-13,15,17H,4-10H2,1-3H3,(H,16,18)/t11?,12-,13?/m1/s1. The van der Waals surface area contributed by atoms with Crippen molar-refractivity contribution < 1.29 is 13.2 Å². The van der Waals surface area contributed by atoms with Crippen LogP contribution in [0, 0.1) is 5.92 Å². The summed E-state index contributed by atoms with van der Waals surface area (Å²) in [6, 6.07) is 0.120. The van der Waals surface area contributed by atoms with E-state index in [1.54, 1.807) is 0 Å². The Morgan fingerprint density at radius 1 is 1.24 bits per heavy atom. The normalized spacial score (nSPS) is 24.5. The van der Waals surface area contributed by atoms with Crippen molar-refractivity contribution in [3.63, 3.8) is 0 Å². The molecule has 1 atom stereocenters. The fourth-order valence-electron chi connectivity index (χ4n) is 2.58. The lowest BCUT2D eigenvalue weighted by Gasteiger charge is -2.26. The molecule has 0 saturated heterocycles. The van der Waals surface area contributed by atoms with Crippen molar-refractivity contribution in [1.82, 2.24) is 15.4 Å². The van der Waals surface area contributed by atoms with E-state index in [0.29, 0.717) is 12.5 Å². The zero-order valence-electron chi connectivity index (χ0n) is 13.3. The van der Waals surface area contributed by atoms with Crippen LogP contribution in [0.25, 0.3) is 0 Å². The van der Waals surface area contributed by atoms with E-state index in [2.05, 4.69) is 22.3 Å². The summed E-state index contributed by atoms with van der Waals surface area (Å²) in [6.07, 6.45) is 3.80. The molecule has 1 aliphatic rings. The van der Waals surface area contributed by atoms with E-state index >= 15 is 0 Å². The predicted octanol–water partition coefficient (Wildman–Crippen LogP) is 0.599. The molecule has 0 aliphatic heterocycles. The summed E-state index contributed by atoms with van der Waals surface area (Å²) in [7, 11) is -3.54. The SMILES string of the molecule is CCN[C@H](C)CNC(=O)CS(=O)(=O)NC1CCC(C)CC1. The fourth-order valence-corrected chi connectivity index (χ4v) is 3.86. The molecule has 0 aromatic carbocycles. The summed E-state index contributed by atoms with van der Waals surface area (Å²) in [4.78, 5) is 11.7. The molecule has 0 aromatic rings. The quantitative estimate of drug-likeness (QED) is 0.611. The Morgan fingerprint density at radius 2 is 1.86 bits per heavy atom. The van der Waals surface area contributed by atoms with Gasteiger partial charge < -0.3 is 10.6 Å². The molecule has 1 saturated carbocycles. The molecule has 21 heavy (non-hydrogen) atoms. The van der Waals surface area contributed by atoms with Crippen molar-refractivity contribution in [1.29, 1.82) is 0 Å². The van der Waals surface area contributed by atoms with Gasteiger partial charge in [0.05, 0.1) is 0 Å². The molecular weight excluding hydrogens is 290 g/mol. The van der Waals surface area contributed by atoms with Gasteiger partial charge in [0.15, 0.2) is 0 Å². The van der Waals surface area contributed by atoms with Gasteiger partial charge in [-0.3, -0.25) is 4.79 Å². The van der Waals surface area contributed by atoms with Crippen molar-refractivity contribution >= 4 is 15.9 Å². The first kappa shape index (κ1) is 18.4. The molecule has 1 aliphatic carbocycles. The van der Waals surface area contributed by atoms with E-state index in [0.717, 1.165) is 32.2 Å². The van der Waals surface area contributed by atoms with E-state index < -0.39 is 21.7 Å². The second-order valence-electron chi connectivity index (χ2n) is 6.10. The highest BCUT2D eigenvalue weighted by Crippen LogP contribution is 2.23. The lowest BCUT2D eigenvalue weighted by molar-refractivity contribution is -0.118. The minimum Gasteiger partial charge on any atom is -0.354 e. The first-order chi connectivity index (χ1) is 9.82. The maximum Gasteiger partial charge on any atom is 0.236 e. The predicted molar refractivity (Wildman–Crippen MR) is 84.5 cm³/mol. The Bertz CT molecular complexity index is 417. The van der Waals surface area contributed by atoms with Crippen LogP contribution in [-0.4, -0.2) is 45.3 Å². The summed E-state index contributed by atoms with van der Waals surface area (Å²) in [5.74, 6) is -0.268. The molecule has 0 radical (unpaired) electrons. The zero-order chi connectivity index (χ0) is 15.9. The number of rotatable bonds is 8. The van der Waals surface area contributed by atoms with E-state index in [-0.39, 0.29) is 12.1 Å². The first-order valence-electron chi connectivity index (χ1n) is 7.82. The summed E-state index contributed by atoms with van der Waals surface area (Å²) in [6.45, 7) is 7.36. The zero-order valence-corrected chi connectivity index (χ0v) is 14.1. The Hall–Kier alpha value is -0.660. The van der Waals surface area contributed by atoms with Crippen LogP contribution < -0.4 is 15.4 Å². The molecule has 124 valence electrons. The third-order valence-electron chi connectivity index (χ3n) is 3.84. The van der Waals surface area contributed by atoms with Gasteiger partial charge in [-0.2, -0.15) is 0 Å². The maximum atomic E-state index is 12.0. The molecule has 1 amide bonds. The molecule has 0 aromatic heterocycles. The number of nitrogens with one attached hydrogen (secondary N) is 3. The molecule has 7 heteroatoms. The molecule has 6 nitrogen and oxygen atoms in total. The van der Waals surface area contributed by atoms with Crippen LogP contribution in [0.5, 0.6) is 0 Å². The van der Waals surface area contributed by atoms with Gasteiger partial charge in [0, 0.05) is 18.6 Å². The minimum absolute atomic E-state index is 0.0142. The van der Waals surface area contributed by atoms with Gasteiger partial charge >= 0.3 is 0 Å². The van der Waals surface area contributed by atoms with Gasteiger partial charge in [0.1, 0.15) is 5.75 Å². The Kier molecular flexibility index (Phi) is 7.62. The molecule has 0 spiro atoms. The largest absolute Gasteiger partial charge is 0.354 e. The number of sulfonamides is 1. The first-order valence-corrected chi connectivity index (χ1v) is 9.47. The van der Waals surface area contributed by atoms with Crippen molar-refractivity contribution in [2.75, 3.05) is 18.8 Å². The van der Waals surface area contributed by atoms with Crippen LogP contribution in [0.4, 0.5) is 0 Å². The molecular formula is C14H29N3O3S. The highest BCUT2D eigenvalue weighted by Gasteiger charge is 2.24. The average molecular weight is 319 g/mol. The van der Waals surface area contributed by atoms with Gasteiger partial charge in [-0.15, -0.1) is 0 Å². The number of likely N-dealkylation sites (N-methyl/N-ethyl adjacent to an activating group) is 1. The van der Waals surface area contributed by atoms with Gasteiger partial charge in [-0.1, -0.05) is 13.8 Å². The summed E-state index contributed by atoms with van der Waals surface area (Å²) in [5.41, 5.74) is 0. The molecule has 0 heterocycles. The third-order valence-corrected chi connectivity index (χ3v) is 5.18. The van der Waals surface area contributed by atoms with E-state index in [1.165, 1.54) is 0 Å². The van der Waals surface area contributed by atoms with Gasteiger partial charge in [-0.25, -0.2) is 13.1 Å². The van der Waals surface area contributed by atoms with Crippen LogP contribution in [-0.2, 0) is 14.8 Å². The second-order valence-corrected chi connectivity index (χ2v) is 7.85. The van der Waals surface area contributed by atoms with Gasteiger partial charge in [0.2, 0.25) is 15.9 Å². The molecule has 1 fully saturated rings. The topological polar surface area (TPSA) is 87.3 Å². The second kappa shape index (κ2) is 8.70. The summed E-state index contributed by atoms with van der Waals surface area (Å²) < 4.78 is 26.6. The van der Waals surface area contributed by atoms with E-state index in [9.17, 15) is 13.2 Å². The highest BCUT2D eigenvalue weighted by atomic mass is 32.2. The number of hydrogen-bond donors (Lipinski definition) is 3. The number of hydrogen-bond acceptors (Lipinski definition) is 4. The van der Waals surface area contributed by atoms with E-state index in [1.807, 2.05) is 13.8 Å². The lowest BCUT2D eigenvalue weighted by atomic mass is 9.88. The Labute approximate surface area is 128 Å². The van der Waals surface area contributed by atoms with Crippen molar-refractivity contribution in [3.05, 3.63) is 0 Å². The average Bonchev–Trinajstić information content (AvgIpc) is 2.39. The van der Waals surface area contributed by atoms with Crippen LogP contribution in [0.1, 0.15) is 46.5 Å². The van der Waals surface area contributed by atoms with Crippen LogP contribution in [0.2, 0.25) is 0 Å². The fraction of sp³-hybridized carbons (Fsp3) is 0.929. The monoisotopic (exact) mass is 319 g/mol. The van der Waals surface area contributed by atoms with Gasteiger partial charge in [-0.05, 0) is 45.1 Å². The van der Waals surface area contributed by atoms with Crippen LogP contribution in [0.15, 0.2) is 0 Å². The minimum atomic E-state index is -3.54. The number of amides is 1. The van der Waals surface area contributed by atoms with Crippen molar-refractivity contribution in [3.8, 4) is 0 Å². The van der Waals surface area contributed by atoms with Gasteiger partial charge in [0.25, 0.3) is 0 Å². The molecule has 0 bridgehead atoms. The summed E-state index contributed by atoms with van der Waals surface area (Å²) in [5, 5.41) is 5.80. The highest BCUT2D eigenvalue weighted by molar-refractivity contribution is 7.90. The van der Waals surface area contributed by atoms with E-state index in [4.69, 9.17) is 0 Å². The van der Waals surface area contributed by atoms with Crippen LogP contribution in [0.3, 0.4) is 0 Å². The Morgan fingerprint density at radius 3 is 2.43 bits per heavy atom. The Balaban J connectivity index is 2.32. The summed E-state index contributed by atoms with van der Waals surface area (Å²) >= 11 is 0. The van der Waals surface area contributed by atoms with Crippen LogP contribution >= 0.6 is 0 Å².